The molecule has 0 heterocycles. The minimum Gasteiger partial charge on any atom is -0.134 e. The van der Waals surface area contributed by atoms with Crippen molar-refractivity contribution in [2.24, 2.45) is 5.41 Å². The van der Waals surface area contributed by atoms with Crippen LogP contribution in [0.4, 0.5) is 0 Å². The van der Waals surface area contributed by atoms with E-state index in [0.717, 1.165) is 5.75 Å². The maximum absolute atomic E-state index is 3.63. The van der Waals surface area contributed by atoms with E-state index in [9.17, 15) is 0 Å². The van der Waals surface area contributed by atoms with E-state index >= 15 is 0 Å². The molecule has 0 N–H and O–H groups in total. The van der Waals surface area contributed by atoms with Gasteiger partial charge in [0.2, 0.25) is 0 Å². The largest absolute Gasteiger partial charge is 0.134 e. The molecule has 0 spiro atoms. The average Bonchev–Trinajstić information content (AvgIpc) is 1.59. The number of hydrogen-bond acceptors (Lipinski definition) is 1. The van der Waals surface area contributed by atoms with Gasteiger partial charge in [-0.25, -0.2) is 0 Å². The van der Waals surface area contributed by atoms with Gasteiger partial charge in [0.25, 0.3) is 0 Å². The topological polar surface area (TPSA) is 0 Å². The predicted octanol–water partition coefficient (Wildman–Crippen LogP) is 2.91. The highest BCUT2D eigenvalue weighted by Crippen LogP contribution is 2.19. The highest BCUT2D eigenvalue weighted by molar-refractivity contribution is 8.02. The summed E-state index contributed by atoms with van der Waals surface area (Å²) in [6.07, 6.45) is 0. The first-order valence-electron chi connectivity index (χ1n) is 2.79. The van der Waals surface area contributed by atoms with E-state index in [0.29, 0.717) is 5.41 Å². The van der Waals surface area contributed by atoms with Crippen molar-refractivity contribution >= 4 is 11.8 Å². The molecule has 0 nitrogen and oxygen atoms in total. The molecule has 0 aliphatic carbocycles. The Morgan fingerprint density at radius 3 is 2.12 bits per heavy atom. The van der Waals surface area contributed by atoms with Crippen molar-refractivity contribution in [3.8, 4) is 0 Å². The second-order valence-corrected chi connectivity index (χ2v) is 3.99. The van der Waals surface area contributed by atoms with Crippen LogP contribution in [-0.2, 0) is 0 Å². The van der Waals surface area contributed by atoms with Gasteiger partial charge in [0, 0.05) is 5.75 Å². The minimum atomic E-state index is 0.443. The molecule has 0 bridgehead atoms. The van der Waals surface area contributed by atoms with E-state index in [1.54, 1.807) is 11.8 Å². The summed E-state index contributed by atoms with van der Waals surface area (Å²) in [5.74, 6) is 1.16. The molecule has 48 valence electrons. The van der Waals surface area contributed by atoms with Gasteiger partial charge in [-0.1, -0.05) is 27.4 Å². The molecule has 0 saturated carbocycles. The van der Waals surface area contributed by atoms with Crippen LogP contribution in [0.5, 0.6) is 0 Å². The molecule has 0 aromatic carbocycles. The third kappa shape index (κ3) is 6.09. The highest BCUT2D eigenvalue weighted by atomic mass is 32.2. The molecule has 0 saturated heterocycles. The Bertz CT molecular complexity index is 68.9. The van der Waals surface area contributed by atoms with Crippen molar-refractivity contribution in [1.29, 1.82) is 0 Å². The zero-order valence-electron chi connectivity index (χ0n) is 5.90. The standard InChI is InChI=1S/C7H14S/c1-5-8-6-7(2,3)4/h5H,1,6H2,2-4H3. The second kappa shape index (κ2) is 3.18. The highest BCUT2D eigenvalue weighted by Gasteiger charge is 2.07. The Morgan fingerprint density at radius 1 is 1.50 bits per heavy atom. The molecular formula is C7H14S. The van der Waals surface area contributed by atoms with Crippen LogP contribution in [0.25, 0.3) is 0 Å². The molecule has 0 aromatic heterocycles. The lowest BCUT2D eigenvalue weighted by molar-refractivity contribution is 0.481. The van der Waals surface area contributed by atoms with Gasteiger partial charge in [-0.2, -0.15) is 0 Å². The lowest BCUT2D eigenvalue weighted by Gasteiger charge is -2.14. The Morgan fingerprint density at radius 2 is 2.00 bits per heavy atom. The molecule has 8 heavy (non-hydrogen) atoms. The fourth-order valence-electron chi connectivity index (χ4n) is 0.309. The van der Waals surface area contributed by atoms with E-state index < -0.39 is 0 Å². The fourth-order valence-corrected chi connectivity index (χ4v) is 0.927. The zero-order valence-corrected chi connectivity index (χ0v) is 6.72. The van der Waals surface area contributed by atoms with Gasteiger partial charge in [0.05, 0.1) is 0 Å². The van der Waals surface area contributed by atoms with Crippen LogP contribution >= 0.6 is 11.8 Å². The summed E-state index contributed by atoms with van der Waals surface area (Å²) in [6, 6.07) is 0. The summed E-state index contributed by atoms with van der Waals surface area (Å²) in [7, 11) is 0. The monoisotopic (exact) mass is 130 g/mol. The van der Waals surface area contributed by atoms with Crippen LogP contribution in [0.15, 0.2) is 12.0 Å². The van der Waals surface area contributed by atoms with Crippen LogP contribution in [-0.4, -0.2) is 5.75 Å². The van der Waals surface area contributed by atoms with Crippen LogP contribution in [0.3, 0.4) is 0 Å². The first-order valence-corrected chi connectivity index (χ1v) is 3.83. The van der Waals surface area contributed by atoms with Gasteiger partial charge >= 0.3 is 0 Å². The molecule has 0 aliphatic heterocycles. The second-order valence-electron chi connectivity index (χ2n) is 3.04. The number of rotatable bonds is 2. The van der Waals surface area contributed by atoms with E-state index in [1.807, 2.05) is 5.41 Å². The number of thioether (sulfide) groups is 1. The zero-order chi connectivity index (χ0) is 6.62. The Hall–Kier alpha value is 0.0900. The van der Waals surface area contributed by atoms with Gasteiger partial charge in [-0.15, -0.1) is 11.8 Å². The molecule has 0 radical (unpaired) electrons. The molecule has 0 aromatic rings. The first-order chi connectivity index (χ1) is 3.56. The molecule has 0 unspecified atom stereocenters. The maximum Gasteiger partial charge on any atom is 0.00226 e. The van der Waals surface area contributed by atoms with E-state index in [4.69, 9.17) is 0 Å². The minimum absolute atomic E-state index is 0.443. The van der Waals surface area contributed by atoms with Crippen molar-refractivity contribution in [3.05, 3.63) is 12.0 Å². The third-order valence-corrected chi connectivity index (χ3v) is 1.90. The van der Waals surface area contributed by atoms with Crippen molar-refractivity contribution in [1.82, 2.24) is 0 Å². The summed E-state index contributed by atoms with van der Waals surface area (Å²) < 4.78 is 0. The van der Waals surface area contributed by atoms with Crippen LogP contribution in [0, 0.1) is 5.41 Å². The van der Waals surface area contributed by atoms with Gasteiger partial charge in [-0.3, -0.25) is 0 Å². The molecule has 0 fully saturated rings. The summed E-state index contributed by atoms with van der Waals surface area (Å²) >= 11 is 1.78. The maximum atomic E-state index is 3.63. The van der Waals surface area contributed by atoms with Gasteiger partial charge in [-0.05, 0) is 10.8 Å². The van der Waals surface area contributed by atoms with Crippen molar-refractivity contribution in [3.63, 3.8) is 0 Å². The van der Waals surface area contributed by atoms with Crippen molar-refractivity contribution in [2.45, 2.75) is 20.8 Å². The molecule has 1 heteroatoms. The van der Waals surface area contributed by atoms with Crippen LogP contribution < -0.4 is 0 Å². The normalized spacial score (nSPS) is 11.4. The predicted molar refractivity (Wildman–Crippen MR) is 42.1 cm³/mol. The van der Waals surface area contributed by atoms with Gasteiger partial charge < -0.3 is 0 Å². The SMILES string of the molecule is C=CSCC(C)(C)C. The summed E-state index contributed by atoms with van der Waals surface area (Å²) in [6.45, 7) is 10.3. The smallest absolute Gasteiger partial charge is 0.00226 e. The van der Waals surface area contributed by atoms with Gasteiger partial charge in [0.15, 0.2) is 0 Å². The molecular weight excluding hydrogens is 116 g/mol. The van der Waals surface area contributed by atoms with E-state index in [-0.39, 0.29) is 0 Å². The van der Waals surface area contributed by atoms with Crippen molar-refractivity contribution < 1.29 is 0 Å². The molecule has 0 amide bonds. The Labute approximate surface area is 56.4 Å². The Balaban J connectivity index is 3.24. The summed E-state index contributed by atoms with van der Waals surface area (Å²) in [5, 5.41) is 1.89. The first kappa shape index (κ1) is 8.09. The Kier molecular flexibility index (Phi) is 3.22. The quantitative estimate of drug-likeness (QED) is 0.554. The lowest BCUT2D eigenvalue weighted by Crippen LogP contribution is -2.06. The van der Waals surface area contributed by atoms with E-state index in [2.05, 4.69) is 27.4 Å². The van der Waals surface area contributed by atoms with Crippen molar-refractivity contribution in [2.75, 3.05) is 5.75 Å². The number of hydrogen-bond donors (Lipinski definition) is 0. The van der Waals surface area contributed by atoms with Crippen LogP contribution in [0.2, 0.25) is 0 Å². The average molecular weight is 130 g/mol. The lowest BCUT2D eigenvalue weighted by atomic mass is 10.0. The van der Waals surface area contributed by atoms with E-state index in [1.165, 1.54) is 0 Å². The fraction of sp³-hybridized carbons (Fsp3) is 0.714. The molecule has 0 rings (SSSR count). The molecule has 0 atom stereocenters. The summed E-state index contributed by atoms with van der Waals surface area (Å²) in [4.78, 5) is 0. The third-order valence-electron chi connectivity index (χ3n) is 0.634. The molecule has 0 aliphatic rings. The van der Waals surface area contributed by atoms with Crippen LogP contribution in [0.1, 0.15) is 20.8 Å². The summed E-state index contributed by atoms with van der Waals surface area (Å²) in [5.41, 5.74) is 0.443. The van der Waals surface area contributed by atoms with Gasteiger partial charge in [0.1, 0.15) is 0 Å².